The Morgan fingerprint density at radius 3 is 2.69 bits per heavy atom. The average molecular weight is 511 g/mol. The molecule has 0 bridgehead atoms. The summed E-state index contributed by atoms with van der Waals surface area (Å²) in [7, 11) is 1.45. The van der Waals surface area contributed by atoms with E-state index in [0.717, 1.165) is 60.2 Å². The Kier molecular flexibility index (Phi) is 6.41. The van der Waals surface area contributed by atoms with Gasteiger partial charge in [0.1, 0.15) is 11.4 Å². The van der Waals surface area contributed by atoms with Crippen molar-refractivity contribution in [2.45, 2.75) is 37.9 Å². The van der Waals surface area contributed by atoms with Crippen LogP contribution in [0.4, 0.5) is 18.9 Å². The van der Waals surface area contributed by atoms with Crippen molar-refractivity contribution >= 4 is 38.4 Å². The highest BCUT2D eigenvalue weighted by molar-refractivity contribution is 9.09. The number of benzene rings is 1. The lowest BCUT2D eigenvalue weighted by Gasteiger charge is -2.28. The van der Waals surface area contributed by atoms with E-state index in [1.54, 1.807) is 18.3 Å². The molecule has 1 aliphatic carbocycles. The second-order valence-corrected chi connectivity index (χ2v) is 8.53. The van der Waals surface area contributed by atoms with Crippen molar-refractivity contribution in [2.24, 2.45) is 5.92 Å². The largest absolute Gasteiger partial charge is 0.494 e. The molecule has 170 valence electrons. The van der Waals surface area contributed by atoms with Gasteiger partial charge in [-0.05, 0) is 49.8 Å². The van der Waals surface area contributed by atoms with Gasteiger partial charge in [0.25, 0.3) is 5.91 Å². The molecule has 1 aliphatic rings. The van der Waals surface area contributed by atoms with E-state index in [0.29, 0.717) is 11.7 Å². The first-order chi connectivity index (χ1) is 15.3. The minimum Gasteiger partial charge on any atom is -0.494 e. The molecule has 0 unspecified atom stereocenters. The number of rotatable bonds is 5. The second kappa shape index (κ2) is 9.09. The topological polar surface area (TPSA) is 69.0 Å². The molecular formula is C22H22BrF3N4O2. The number of ether oxygens (including phenoxy) is 1. The third kappa shape index (κ3) is 4.46. The van der Waals surface area contributed by atoms with Crippen LogP contribution in [0.2, 0.25) is 0 Å². The van der Waals surface area contributed by atoms with Gasteiger partial charge in [0.2, 0.25) is 0 Å². The van der Waals surface area contributed by atoms with Crippen LogP contribution in [0.5, 0.6) is 5.75 Å². The number of nitrogens with one attached hydrogen (secondary N) is 1. The third-order valence-corrected chi connectivity index (χ3v) is 6.79. The number of nitrogens with zero attached hydrogens (tertiary/aromatic N) is 3. The van der Waals surface area contributed by atoms with Crippen molar-refractivity contribution in [2.75, 3.05) is 17.8 Å². The number of fused-ring (bicyclic) bond motifs is 1. The summed E-state index contributed by atoms with van der Waals surface area (Å²) in [5.74, 6) is 0.0555. The van der Waals surface area contributed by atoms with Crippen LogP contribution in [-0.2, 0) is 6.18 Å². The molecule has 4 rings (SSSR count). The van der Waals surface area contributed by atoms with Gasteiger partial charge in [0.15, 0.2) is 0 Å². The predicted octanol–water partition coefficient (Wildman–Crippen LogP) is 5.84. The number of halogens is 4. The van der Waals surface area contributed by atoms with Gasteiger partial charge in [-0.1, -0.05) is 15.9 Å². The molecule has 3 aromatic rings. The fourth-order valence-corrected chi connectivity index (χ4v) is 4.82. The second-order valence-electron chi connectivity index (χ2n) is 7.88. The molecule has 1 fully saturated rings. The maximum Gasteiger partial charge on any atom is 0.418 e. The maximum absolute atomic E-state index is 13.3. The van der Waals surface area contributed by atoms with Crippen LogP contribution in [0.3, 0.4) is 0 Å². The highest BCUT2D eigenvalue weighted by Crippen LogP contribution is 2.37. The van der Waals surface area contributed by atoms with E-state index in [1.165, 1.54) is 7.11 Å². The van der Waals surface area contributed by atoms with Crippen LogP contribution in [0.1, 0.15) is 47.8 Å². The third-order valence-electron chi connectivity index (χ3n) is 5.87. The molecule has 1 saturated carbocycles. The first-order valence-corrected chi connectivity index (χ1v) is 11.4. The first-order valence-electron chi connectivity index (χ1n) is 10.3. The smallest absolute Gasteiger partial charge is 0.418 e. The standard InChI is InChI=1S/C22H22BrF3N4O2/c1-32-19-10-18-14(12-28-30(18)15-6-4-13(11-23)5-7-15)9-17(19)29-21(31)20-16(22(24,25)26)3-2-8-27-20/h2-3,8-10,12-13,15H,4-7,11H2,1H3,(H,29,31). The van der Waals surface area contributed by atoms with E-state index in [2.05, 4.69) is 31.3 Å². The van der Waals surface area contributed by atoms with Crippen LogP contribution in [0.25, 0.3) is 10.9 Å². The molecule has 1 amide bonds. The van der Waals surface area contributed by atoms with Gasteiger partial charge in [-0.25, -0.2) is 0 Å². The molecule has 10 heteroatoms. The number of anilines is 1. The Morgan fingerprint density at radius 2 is 2.03 bits per heavy atom. The number of carbonyl (C=O) groups is 1. The van der Waals surface area contributed by atoms with Crippen LogP contribution in [-0.4, -0.2) is 33.1 Å². The summed E-state index contributed by atoms with van der Waals surface area (Å²) < 4.78 is 47.2. The average Bonchev–Trinajstić information content (AvgIpc) is 3.20. The molecular weight excluding hydrogens is 489 g/mol. The SMILES string of the molecule is COc1cc2c(cnn2C2CCC(CBr)CC2)cc1NC(=O)c1ncccc1C(F)(F)F. The van der Waals surface area contributed by atoms with Gasteiger partial charge in [-0.15, -0.1) is 0 Å². The van der Waals surface area contributed by atoms with Gasteiger partial charge >= 0.3 is 6.18 Å². The molecule has 2 heterocycles. The van der Waals surface area contributed by atoms with Crippen LogP contribution < -0.4 is 10.1 Å². The minimum absolute atomic E-state index is 0.256. The summed E-state index contributed by atoms with van der Waals surface area (Å²) in [6.45, 7) is 0. The Morgan fingerprint density at radius 1 is 1.28 bits per heavy atom. The summed E-state index contributed by atoms with van der Waals surface area (Å²) in [5, 5.41) is 8.83. The highest BCUT2D eigenvalue weighted by atomic mass is 79.9. The fourth-order valence-electron chi connectivity index (χ4n) is 4.17. The number of alkyl halides is 4. The van der Waals surface area contributed by atoms with Crippen molar-refractivity contribution in [1.82, 2.24) is 14.8 Å². The number of amides is 1. The van der Waals surface area contributed by atoms with Crippen molar-refractivity contribution in [3.05, 3.63) is 47.9 Å². The summed E-state index contributed by atoms with van der Waals surface area (Å²) in [4.78, 5) is 16.3. The molecule has 0 spiro atoms. The zero-order chi connectivity index (χ0) is 22.9. The van der Waals surface area contributed by atoms with Gasteiger partial charge in [0, 0.05) is 23.0 Å². The zero-order valence-electron chi connectivity index (χ0n) is 17.3. The number of hydrogen-bond acceptors (Lipinski definition) is 4. The van der Waals surface area contributed by atoms with Crippen molar-refractivity contribution in [1.29, 1.82) is 0 Å². The minimum atomic E-state index is -4.69. The molecule has 1 aromatic carbocycles. The van der Waals surface area contributed by atoms with Gasteiger partial charge < -0.3 is 10.1 Å². The molecule has 6 nitrogen and oxygen atoms in total. The van der Waals surface area contributed by atoms with Crippen molar-refractivity contribution < 1.29 is 22.7 Å². The Bertz CT molecular complexity index is 1120. The number of carbonyl (C=O) groups excluding carboxylic acids is 1. The van der Waals surface area contributed by atoms with E-state index in [1.807, 2.05) is 4.68 Å². The van der Waals surface area contributed by atoms with E-state index < -0.39 is 23.3 Å². The summed E-state index contributed by atoms with van der Waals surface area (Å²) in [6.07, 6.45) is 2.44. The molecule has 0 aliphatic heterocycles. The molecule has 2 aromatic heterocycles. The molecule has 32 heavy (non-hydrogen) atoms. The van der Waals surface area contributed by atoms with Gasteiger partial charge in [0.05, 0.1) is 36.1 Å². The predicted molar refractivity (Wildman–Crippen MR) is 118 cm³/mol. The molecule has 0 saturated heterocycles. The first kappa shape index (κ1) is 22.6. The summed E-state index contributed by atoms with van der Waals surface area (Å²) in [6, 6.07) is 5.67. The lowest BCUT2D eigenvalue weighted by molar-refractivity contribution is -0.138. The maximum atomic E-state index is 13.3. The fraction of sp³-hybridized carbons (Fsp3) is 0.409. The normalized spacial score (nSPS) is 19.2. The van der Waals surface area contributed by atoms with Gasteiger partial charge in [-0.2, -0.15) is 18.3 Å². The van der Waals surface area contributed by atoms with Crippen molar-refractivity contribution in [3.63, 3.8) is 0 Å². The summed E-state index contributed by atoms with van der Waals surface area (Å²) >= 11 is 3.56. The lowest BCUT2D eigenvalue weighted by atomic mass is 9.87. The zero-order valence-corrected chi connectivity index (χ0v) is 18.9. The van der Waals surface area contributed by atoms with E-state index >= 15 is 0 Å². The Labute approximate surface area is 191 Å². The Hall–Kier alpha value is -2.62. The highest BCUT2D eigenvalue weighted by Gasteiger charge is 2.36. The number of pyridine rings is 1. The summed E-state index contributed by atoms with van der Waals surface area (Å²) in [5.41, 5.74) is -0.673. The molecule has 1 N–H and O–H groups in total. The number of methoxy groups -OCH3 is 1. The number of aromatic nitrogens is 3. The van der Waals surface area contributed by atoms with E-state index in [-0.39, 0.29) is 11.7 Å². The van der Waals surface area contributed by atoms with Crippen LogP contribution in [0, 0.1) is 5.92 Å². The quantitative estimate of drug-likeness (QED) is 0.438. The monoisotopic (exact) mass is 510 g/mol. The molecule has 0 radical (unpaired) electrons. The van der Waals surface area contributed by atoms with E-state index in [4.69, 9.17) is 4.74 Å². The van der Waals surface area contributed by atoms with Crippen LogP contribution in [0.15, 0.2) is 36.7 Å². The van der Waals surface area contributed by atoms with Crippen LogP contribution >= 0.6 is 15.9 Å². The lowest BCUT2D eigenvalue weighted by Crippen LogP contribution is -2.21. The van der Waals surface area contributed by atoms with Crippen molar-refractivity contribution in [3.8, 4) is 5.75 Å². The molecule has 0 atom stereocenters. The number of hydrogen-bond donors (Lipinski definition) is 1. The Balaban J connectivity index is 1.63. The van der Waals surface area contributed by atoms with E-state index in [9.17, 15) is 18.0 Å². The van der Waals surface area contributed by atoms with Gasteiger partial charge in [-0.3, -0.25) is 14.5 Å².